The Labute approximate surface area is 190 Å². The van der Waals surface area contributed by atoms with E-state index in [2.05, 4.69) is 39.9 Å². The largest absolute Gasteiger partial charge is 0.302 e. The Hall–Kier alpha value is -3.39. The first kappa shape index (κ1) is 20.5. The Kier molecular flexibility index (Phi) is 5.30. The normalized spacial score (nSPS) is 12.5. The molecule has 4 aromatic rings. The second-order valence-corrected chi connectivity index (χ2v) is 9.28. The molecular weight excluding hydrogens is 420 g/mol. The Balaban J connectivity index is 1.48. The van der Waals surface area contributed by atoms with Gasteiger partial charge in [0, 0.05) is 41.5 Å². The maximum atomic E-state index is 12.5. The van der Waals surface area contributed by atoms with Gasteiger partial charge in [-0.05, 0) is 57.4 Å². The lowest BCUT2D eigenvalue weighted by molar-refractivity contribution is -0.115. The molecule has 7 nitrogen and oxygen atoms in total. The summed E-state index contributed by atoms with van der Waals surface area (Å²) in [6.45, 7) is 6.26. The molecule has 0 saturated carbocycles. The van der Waals surface area contributed by atoms with Crippen LogP contribution >= 0.6 is 11.3 Å². The van der Waals surface area contributed by atoms with Crippen LogP contribution in [0.1, 0.15) is 42.4 Å². The van der Waals surface area contributed by atoms with Crippen LogP contribution in [-0.4, -0.2) is 30.6 Å². The van der Waals surface area contributed by atoms with Crippen molar-refractivity contribution in [3.05, 3.63) is 65.4 Å². The van der Waals surface area contributed by atoms with Crippen molar-refractivity contribution in [2.24, 2.45) is 0 Å². The van der Waals surface area contributed by atoms with Gasteiger partial charge in [-0.25, -0.2) is 4.98 Å². The van der Waals surface area contributed by atoms with Crippen molar-refractivity contribution in [2.75, 3.05) is 5.32 Å². The average Bonchev–Trinajstić information content (AvgIpc) is 3.36. The topological polar surface area (TPSA) is 85.6 Å². The van der Waals surface area contributed by atoms with Gasteiger partial charge in [0.15, 0.2) is 5.13 Å². The van der Waals surface area contributed by atoms with Gasteiger partial charge in [0.25, 0.3) is 0 Å². The number of hydrogen-bond donors (Lipinski definition) is 1. The second-order valence-electron chi connectivity index (χ2n) is 8.28. The molecule has 4 heterocycles. The van der Waals surface area contributed by atoms with E-state index in [4.69, 9.17) is 10.1 Å². The lowest BCUT2D eigenvalue weighted by Gasteiger charge is -2.15. The quantitative estimate of drug-likeness (QED) is 0.485. The number of nitrogens with one attached hydrogen (secondary N) is 1. The van der Waals surface area contributed by atoms with Crippen LogP contribution in [0.3, 0.4) is 0 Å². The van der Waals surface area contributed by atoms with E-state index >= 15 is 0 Å². The molecule has 4 aromatic heterocycles. The molecule has 1 aliphatic rings. The summed E-state index contributed by atoms with van der Waals surface area (Å²) in [5, 5.41) is 8.58. The van der Waals surface area contributed by atoms with E-state index < -0.39 is 0 Å². The molecule has 0 aromatic carbocycles. The Morgan fingerprint density at radius 3 is 2.81 bits per heavy atom. The molecule has 1 N–H and O–H groups in total. The average molecular weight is 445 g/mol. The number of nitrogens with zero attached hydrogens (tertiary/aromatic N) is 5. The molecule has 162 valence electrons. The molecule has 0 unspecified atom stereocenters. The van der Waals surface area contributed by atoms with Crippen molar-refractivity contribution in [3.8, 4) is 21.8 Å². The second kappa shape index (κ2) is 8.27. The van der Waals surface area contributed by atoms with E-state index in [0.717, 1.165) is 51.6 Å². The Bertz CT molecular complexity index is 1270. The number of pyridine rings is 2. The number of fused-ring (bicyclic) bond motifs is 3. The number of thiazole rings is 1. The van der Waals surface area contributed by atoms with Gasteiger partial charge in [-0.15, -0.1) is 0 Å². The molecule has 0 atom stereocenters. The van der Waals surface area contributed by atoms with E-state index in [1.807, 2.05) is 31.3 Å². The number of aromatic nitrogens is 5. The highest BCUT2D eigenvalue weighted by atomic mass is 32.1. The number of amides is 1. The fourth-order valence-corrected chi connectivity index (χ4v) is 5.11. The summed E-state index contributed by atoms with van der Waals surface area (Å²) < 4.78 is 2.09. The summed E-state index contributed by atoms with van der Waals surface area (Å²) in [6.07, 6.45) is 7.28. The fraction of sp³-hybridized carbons (Fsp3) is 0.292. The van der Waals surface area contributed by atoms with Gasteiger partial charge >= 0.3 is 0 Å². The zero-order valence-corrected chi connectivity index (χ0v) is 19.1. The number of hydrogen-bond acceptors (Lipinski definition) is 6. The first-order chi connectivity index (χ1) is 15.5. The molecule has 0 bridgehead atoms. The highest BCUT2D eigenvalue weighted by Crippen LogP contribution is 2.44. The number of carbonyl (C=O) groups is 1. The van der Waals surface area contributed by atoms with E-state index in [-0.39, 0.29) is 18.4 Å². The summed E-state index contributed by atoms with van der Waals surface area (Å²) in [7, 11) is 0. The van der Waals surface area contributed by atoms with Crippen LogP contribution < -0.4 is 5.32 Å². The van der Waals surface area contributed by atoms with Crippen molar-refractivity contribution in [2.45, 2.75) is 46.1 Å². The number of aryl methyl sites for hydroxylation is 2. The third-order valence-electron chi connectivity index (χ3n) is 5.54. The first-order valence-corrected chi connectivity index (χ1v) is 11.5. The minimum atomic E-state index is -0.0897. The van der Waals surface area contributed by atoms with Crippen LogP contribution in [0.15, 0.2) is 42.9 Å². The van der Waals surface area contributed by atoms with Gasteiger partial charge < -0.3 is 5.32 Å². The lowest BCUT2D eigenvalue weighted by Crippen LogP contribution is -2.14. The Morgan fingerprint density at radius 2 is 2.09 bits per heavy atom. The van der Waals surface area contributed by atoms with Crippen molar-refractivity contribution in [1.82, 2.24) is 24.7 Å². The van der Waals surface area contributed by atoms with Gasteiger partial charge in [-0.1, -0.05) is 17.4 Å². The minimum absolute atomic E-state index is 0.0897. The van der Waals surface area contributed by atoms with E-state index in [1.165, 1.54) is 16.9 Å². The van der Waals surface area contributed by atoms with Crippen LogP contribution in [0.25, 0.3) is 21.8 Å². The lowest BCUT2D eigenvalue weighted by atomic mass is 9.95. The van der Waals surface area contributed by atoms with Crippen molar-refractivity contribution in [1.29, 1.82) is 0 Å². The maximum absolute atomic E-state index is 12.5. The summed E-state index contributed by atoms with van der Waals surface area (Å²) >= 11 is 1.52. The molecule has 0 fully saturated rings. The standard InChI is InChI=1S/C24H24N6OS/c1-14(2)30-22-18(21(29-30)17-7-6-15(3)26-13-17)8-9-19-23(22)32-24(27-19)28-20(31)11-16-5-4-10-25-12-16/h4-7,10,12-14H,8-9,11H2,1-3H3,(H,27,28,31). The number of rotatable bonds is 5. The van der Waals surface area contributed by atoms with Crippen LogP contribution in [-0.2, 0) is 24.1 Å². The van der Waals surface area contributed by atoms with Crippen molar-refractivity contribution in [3.63, 3.8) is 0 Å². The monoisotopic (exact) mass is 444 g/mol. The van der Waals surface area contributed by atoms with Gasteiger partial charge in [-0.3, -0.25) is 19.4 Å². The summed E-state index contributed by atoms with van der Waals surface area (Å²) in [6, 6.07) is 8.04. The predicted molar refractivity (Wildman–Crippen MR) is 126 cm³/mol. The third kappa shape index (κ3) is 3.82. The highest BCUT2D eigenvalue weighted by molar-refractivity contribution is 7.19. The molecule has 32 heavy (non-hydrogen) atoms. The van der Waals surface area contributed by atoms with Gasteiger partial charge in [0.1, 0.15) is 0 Å². The zero-order valence-electron chi connectivity index (χ0n) is 18.3. The number of carbonyl (C=O) groups excluding carboxylic acids is 1. The van der Waals surface area contributed by atoms with Crippen molar-refractivity contribution >= 4 is 22.4 Å². The van der Waals surface area contributed by atoms with E-state index in [9.17, 15) is 4.79 Å². The molecule has 0 aliphatic heterocycles. The van der Waals surface area contributed by atoms with E-state index in [0.29, 0.717) is 5.13 Å². The number of anilines is 1. The molecular formula is C24H24N6OS. The van der Waals surface area contributed by atoms with Crippen LogP contribution in [0.4, 0.5) is 5.13 Å². The van der Waals surface area contributed by atoms with Gasteiger partial charge in [-0.2, -0.15) is 5.10 Å². The minimum Gasteiger partial charge on any atom is -0.302 e. The highest BCUT2D eigenvalue weighted by Gasteiger charge is 2.30. The van der Waals surface area contributed by atoms with Gasteiger partial charge in [0.05, 0.1) is 28.4 Å². The molecule has 0 spiro atoms. The SMILES string of the molecule is Cc1ccc(-c2nn(C(C)C)c3c2CCc2nc(NC(=O)Cc4cccnc4)sc2-3)cn1. The molecule has 1 aliphatic carbocycles. The zero-order chi connectivity index (χ0) is 22.2. The molecule has 0 radical (unpaired) electrons. The molecule has 0 saturated heterocycles. The maximum Gasteiger partial charge on any atom is 0.230 e. The van der Waals surface area contributed by atoms with E-state index in [1.54, 1.807) is 12.4 Å². The molecule has 8 heteroatoms. The predicted octanol–water partition coefficient (Wildman–Crippen LogP) is 4.63. The van der Waals surface area contributed by atoms with Crippen LogP contribution in [0.5, 0.6) is 0 Å². The van der Waals surface area contributed by atoms with Crippen LogP contribution in [0.2, 0.25) is 0 Å². The summed E-state index contributed by atoms with van der Waals surface area (Å²) in [5.74, 6) is -0.0897. The third-order valence-corrected chi connectivity index (χ3v) is 6.56. The van der Waals surface area contributed by atoms with Gasteiger partial charge in [0.2, 0.25) is 5.91 Å². The summed E-state index contributed by atoms with van der Waals surface area (Å²) in [4.78, 5) is 26.9. The Morgan fingerprint density at radius 1 is 1.22 bits per heavy atom. The molecule has 5 rings (SSSR count). The first-order valence-electron chi connectivity index (χ1n) is 10.7. The molecule has 1 amide bonds. The van der Waals surface area contributed by atoms with Crippen molar-refractivity contribution < 1.29 is 4.79 Å². The summed E-state index contributed by atoms with van der Waals surface area (Å²) in [5.41, 5.74) is 7.25. The smallest absolute Gasteiger partial charge is 0.230 e. The van der Waals surface area contributed by atoms with Crippen LogP contribution in [0, 0.1) is 6.92 Å². The fourth-order valence-electron chi connectivity index (χ4n) is 4.01.